The number of thioether (sulfide) groups is 1. The van der Waals surface area contributed by atoms with Crippen LogP contribution in [0.3, 0.4) is 0 Å². The van der Waals surface area contributed by atoms with E-state index in [0.717, 1.165) is 10.4 Å². The maximum atomic E-state index is 13.0. The number of rotatable bonds is 5. The van der Waals surface area contributed by atoms with E-state index in [1.807, 2.05) is 22.9 Å². The van der Waals surface area contributed by atoms with Crippen LogP contribution >= 0.6 is 57.6 Å². The zero-order chi connectivity index (χ0) is 21.4. The third-order valence-electron chi connectivity index (χ3n) is 4.40. The van der Waals surface area contributed by atoms with Gasteiger partial charge < -0.3 is 5.32 Å². The highest BCUT2D eigenvalue weighted by atomic mass is 35.5. The first-order valence-corrected chi connectivity index (χ1v) is 12.2. The number of nitrogens with zero attached hydrogens (tertiary/aromatic N) is 2. The lowest BCUT2D eigenvalue weighted by Crippen LogP contribution is -2.25. The smallest absolute Gasteiger partial charge is 0.263 e. The number of hydrogen-bond acceptors (Lipinski definition) is 6. The predicted molar refractivity (Wildman–Crippen MR) is 129 cm³/mol. The molecule has 0 spiro atoms. The van der Waals surface area contributed by atoms with Crippen molar-refractivity contribution in [2.24, 2.45) is 7.05 Å². The molecule has 30 heavy (non-hydrogen) atoms. The number of hydrogen-bond donors (Lipinski definition) is 1. The molecular weight excluding hydrogens is 481 g/mol. The van der Waals surface area contributed by atoms with E-state index >= 15 is 0 Å². The van der Waals surface area contributed by atoms with Crippen LogP contribution in [0.1, 0.15) is 6.92 Å². The molecule has 3 aromatic heterocycles. The van der Waals surface area contributed by atoms with Crippen LogP contribution in [-0.2, 0) is 11.8 Å². The van der Waals surface area contributed by atoms with E-state index in [0.29, 0.717) is 31.1 Å². The van der Waals surface area contributed by atoms with Crippen LogP contribution < -0.4 is 10.9 Å². The highest BCUT2D eigenvalue weighted by molar-refractivity contribution is 8.00. The molecule has 1 N–H and O–H groups in total. The first kappa shape index (κ1) is 21.4. The molecule has 0 aliphatic carbocycles. The molecule has 0 radical (unpaired) electrons. The van der Waals surface area contributed by atoms with Crippen molar-refractivity contribution in [3.8, 4) is 10.4 Å². The van der Waals surface area contributed by atoms with Gasteiger partial charge in [-0.15, -0.1) is 22.7 Å². The zero-order valence-electron chi connectivity index (χ0n) is 15.8. The van der Waals surface area contributed by atoms with Gasteiger partial charge in [-0.2, -0.15) is 0 Å². The van der Waals surface area contributed by atoms with E-state index in [-0.39, 0.29) is 11.5 Å². The lowest BCUT2D eigenvalue weighted by molar-refractivity contribution is -0.115. The first-order valence-electron chi connectivity index (χ1n) is 8.80. The van der Waals surface area contributed by atoms with Gasteiger partial charge in [0.15, 0.2) is 5.16 Å². The Hall–Kier alpha value is -1.84. The van der Waals surface area contributed by atoms with E-state index in [1.54, 1.807) is 43.5 Å². The molecular formula is C20H15Cl2N3O2S3. The highest BCUT2D eigenvalue weighted by Gasteiger charge is 2.21. The number of carbonyl (C=O) groups is 1. The van der Waals surface area contributed by atoms with Crippen LogP contribution in [0.5, 0.6) is 0 Å². The summed E-state index contributed by atoms with van der Waals surface area (Å²) in [7, 11) is 1.67. The van der Waals surface area contributed by atoms with Crippen molar-refractivity contribution in [2.45, 2.75) is 17.3 Å². The topological polar surface area (TPSA) is 64.0 Å². The Kier molecular flexibility index (Phi) is 6.22. The second-order valence-corrected chi connectivity index (χ2v) is 10.4. The minimum atomic E-state index is -0.496. The number of fused-ring (bicyclic) bond motifs is 1. The zero-order valence-corrected chi connectivity index (χ0v) is 19.8. The van der Waals surface area contributed by atoms with Gasteiger partial charge in [-0.3, -0.25) is 14.2 Å². The minimum Gasteiger partial charge on any atom is -0.324 e. The van der Waals surface area contributed by atoms with Gasteiger partial charge in [0.25, 0.3) is 5.56 Å². The van der Waals surface area contributed by atoms with Crippen LogP contribution in [0.4, 0.5) is 5.69 Å². The fourth-order valence-corrected chi connectivity index (χ4v) is 5.94. The molecule has 10 heteroatoms. The number of carbonyl (C=O) groups excluding carboxylic acids is 1. The normalized spacial score (nSPS) is 12.3. The van der Waals surface area contributed by atoms with Crippen molar-refractivity contribution in [3.63, 3.8) is 0 Å². The fraction of sp³-hybridized carbons (Fsp3) is 0.150. The molecule has 154 valence electrons. The van der Waals surface area contributed by atoms with Crippen molar-refractivity contribution in [2.75, 3.05) is 5.32 Å². The van der Waals surface area contributed by atoms with Crippen LogP contribution in [-0.4, -0.2) is 20.7 Å². The Labute approximate surface area is 194 Å². The second kappa shape index (κ2) is 8.72. The van der Waals surface area contributed by atoms with Crippen molar-refractivity contribution in [3.05, 3.63) is 61.5 Å². The van der Waals surface area contributed by atoms with Gasteiger partial charge >= 0.3 is 0 Å². The summed E-state index contributed by atoms with van der Waals surface area (Å²) in [5.41, 5.74) is 1.26. The molecule has 0 aliphatic heterocycles. The van der Waals surface area contributed by atoms with Crippen molar-refractivity contribution < 1.29 is 4.79 Å². The predicted octanol–water partition coefficient (Wildman–Crippen LogP) is 6.15. The van der Waals surface area contributed by atoms with Gasteiger partial charge in [-0.25, -0.2) is 4.98 Å². The van der Waals surface area contributed by atoms with Gasteiger partial charge in [-0.05, 0) is 36.6 Å². The molecule has 0 saturated carbocycles. The minimum absolute atomic E-state index is 0.125. The summed E-state index contributed by atoms with van der Waals surface area (Å²) in [6.45, 7) is 1.76. The molecule has 4 aromatic rings. The summed E-state index contributed by atoms with van der Waals surface area (Å²) in [5.74, 6) is -0.246. The number of anilines is 1. The Balaban J connectivity index is 1.60. The molecule has 1 atom stereocenters. The standard InChI is InChI=1S/C20H15Cl2N3O2S3/c1-10(17(26)23-14-6-5-11(21)8-13(14)22)30-20-24-18-16(19(27)25(20)2)12(9-29-18)15-4-3-7-28-15/h3-10H,1-2H3,(H,23,26). The summed E-state index contributed by atoms with van der Waals surface area (Å²) in [6, 6.07) is 8.82. The molecule has 1 amide bonds. The molecule has 4 rings (SSSR count). The maximum Gasteiger partial charge on any atom is 0.263 e. The van der Waals surface area contributed by atoms with Crippen LogP contribution in [0.25, 0.3) is 20.7 Å². The first-order chi connectivity index (χ1) is 14.3. The van der Waals surface area contributed by atoms with Gasteiger partial charge in [-0.1, -0.05) is 41.0 Å². The number of thiophene rings is 2. The largest absolute Gasteiger partial charge is 0.324 e. The van der Waals surface area contributed by atoms with Crippen LogP contribution in [0.15, 0.2) is 51.0 Å². The molecule has 1 unspecified atom stereocenters. The summed E-state index contributed by atoms with van der Waals surface area (Å²) in [6.07, 6.45) is 0. The summed E-state index contributed by atoms with van der Waals surface area (Å²) in [5, 5.41) is 8.18. The average Bonchev–Trinajstić information content (AvgIpc) is 3.37. The molecule has 5 nitrogen and oxygen atoms in total. The quantitative estimate of drug-likeness (QED) is 0.266. The second-order valence-electron chi connectivity index (χ2n) is 6.44. The Morgan fingerprint density at radius 1 is 1.27 bits per heavy atom. The van der Waals surface area contributed by atoms with Crippen molar-refractivity contribution in [1.29, 1.82) is 0 Å². The number of nitrogens with one attached hydrogen (secondary N) is 1. The van der Waals surface area contributed by atoms with Gasteiger partial charge in [0.1, 0.15) is 4.83 Å². The summed E-state index contributed by atoms with van der Waals surface area (Å²) in [4.78, 5) is 32.0. The number of halogens is 2. The number of aromatic nitrogens is 2. The molecule has 1 aromatic carbocycles. The van der Waals surface area contributed by atoms with E-state index in [2.05, 4.69) is 10.3 Å². The van der Waals surface area contributed by atoms with Gasteiger partial charge in [0.05, 0.1) is 21.3 Å². The Morgan fingerprint density at radius 2 is 2.07 bits per heavy atom. The molecule has 0 bridgehead atoms. The SMILES string of the molecule is CC(Sc1nc2scc(-c3cccs3)c2c(=O)n1C)C(=O)Nc1ccc(Cl)cc1Cl. The Morgan fingerprint density at radius 3 is 2.77 bits per heavy atom. The molecule has 0 fully saturated rings. The summed E-state index contributed by atoms with van der Waals surface area (Å²) < 4.78 is 1.50. The van der Waals surface area contributed by atoms with Gasteiger partial charge in [0, 0.05) is 27.9 Å². The average molecular weight is 496 g/mol. The lowest BCUT2D eigenvalue weighted by atomic mass is 10.2. The molecule has 0 aliphatic rings. The lowest BCUT2D eigenvalue weighted by Gasteiger charge is -2.14. The number of amides is 1. The van der Waals surface area contributed by atoms with E-state index in [9.17, 15) is 9.59 Å². The molecule has 0 saturated heterocycles. The third kappa shape index (κ3) is 4.15. The van der Waals surface area contributed by atoms with E-state index < -0.39 is 5.25 Å². The van der Waals surface area contributed by atoms with E-state index in [1.165, 1.54) is 27.7 Å². The van der Waals surface area contributed by atoms with Crippen molar-refractivity contribution in [1.82, 2.24) is 9.55 Å². The highest BCUT2D eigenvalue weighted by Crippen LogP contribution is 2.35. The third-order valence-corrected chi connectivity index (χ3v) is 7.87. The Bertz CT molecular complexity index is 1300. The van der Waals surface area contributed by atoms with Crippen LogP contribution in [0, 0.1) is 0 Å². The number of benzene rings is 1. The fourth-order valence-electron chi connectivity index (χ4n) is 2.81. The summed E-state index contributed by atoms with van der Waals surface area (Å²) >= 11 is 16.3. The van der Waals surface area contributed by atoms with Crippen molar-refractivity contribution >= 4 is 79.4 Å². The van der Waals surface area contributed by atoms with Crippen LogP contribution in [0.2, 0.25) is 10.0 Å². The van der Waals surface area contributed by atoms with Gasteiger partial charge in [0.2, 0.25) is 5.91 Å². The molecule has 3 heterocycles. The monoisotopic (exact) mass is 495 g/mol. The van der Waals surface area contributed by atoms with E-state index in [4.69, 9.17) is 23.2 Å². The maximum absolute atomic E-state index is 13.0.